The Morgan fingerprint density at radius 3 is 2.72 bits per heavy atom. The van der Waals surface area contributed by atoms with E-state index in [1.165, 1.54) is 16.8 Å². The Morgan fingerprint density at radius 2 is 1.97 bits per heavy atom. The highest BCUT2D eigenvalue weighted by Crippen LogP contribution is 2.33. The minimum atomic E-state index is -0.419. The zero-order valence-electron chi connectivity index (χ0n) is 16.3. The molecule has 2 aromatic carbocycles. The predicted molar refractivity (Wildman–Crippen MR) is 114 cm³/mol. The summed E-state index contributed by atoms with van der Waals surface area (Å²) in [4.78, 5) is 31.0. The minimum Gasteiger partial charge on any atom is -0.465 e. The quantitative estimate of drug-likeness (QED) is 0.647. The molecule has 0 radical (unpaired) electrons. The summed E-state index contributed by atoms with van der Waals surface area (Å²) in [7, 11) is 1.34. The Bertz CT molecular complexity index is 992. The van der Waals surface area contributed by atoms with Crippen molar-refractivity contribution in [3.8, 4) is 0 Å². The lowest BCUT2D eigenvalue weighted by Crippen LogP contribution is -2.38. The highest BCUT2D eigenvalue weighted by atomic mass is 32.1. The minimum absolute atomic E-state index is 0.0783. The second-order valence-corrected chi connectivity index (χ2v) is 8.25. The monoisotopic (exact) mass is 409 g/mol. The van der Waals surface area contributed by atoms with Gasteiger partial charge in [-0.2, -0.15) is 0 Å². The molecule has 0 spiro atoms. The third-order valence-corrected chi connectivity index (χ3v) is 6.38. The molecule has 4 rings (SSSR count). The SMILES string of the molecule is COC(=O)c1cccc(NC(=O)CN2CCC(c3nc4ccccc4s3)CC2)c1. The Hall–Kier alpha value is -2.77. The lowest BCUT2D eigenvalue weighted by molar-refractivity contribution is -0.117. The van der Waals surface area contributed by atoms with E-state index in [4.69, 9.17) is 9.72 Å². The van der Waals surface area contributed by atoms with Gasteiger partial charge in [0.2, 0.25) is 5.91 Å². The number of hydrogen-bond donors (Lipinski definition) is 1. The largest absolute Gasteiger partial charge is 0.465 e. The number of piperidine rings is 1. The van der Waals surface area contributed by atoms with Crippen LogP contribution < -0.4 is 5.32 Å². The summed E-state index contributed by atoms with van der Waals surface area (Å²) >= 11 is 1.78. The third-order valence-electron chi connectivity index (χ3n) is 5.18. The Balaban J connectivity index is 1.30. The number of para-hydroxylation sites is 1. The molecule has 150 valence electrons. The van der Waals surface area contributed by atoms with Crippen LogP contribution in [0.5, 0.6) is 0 Å². The van der Waals surface area contributed by atoms with E-state index >= 15 is 0 Å². The second-order valence-electron chi connectivity index (χ2n) is 7.19. The predicted octanol–water partition coefficient (Wildman–Crippen LogP) is 3.90. The van der Waals surface area contributed by atoms with Gasteiger partial charge in [0, 0.05) is 11.6 Å². The first-order valence-corrected chi connectivity index (χ1v) is 10.5. The number of carbonyl (C=O) groups excluding carboxylic acids is 2. The van der Waals surface area contributed by atoms with Gasteiger partial charge in [0.25, 0.3) is 0 Å². The fraction of sp³-hybridized carbons (Fsp3) is 0.318. The average Bonchev–Trinajstić information content (AvgIpc) is 3.18. The topological polar surface area (TPSA) is 71.5 Å². The molecule has 0 saturated carbocycles. The zero-order chi connectivity index (χ0) is 20.2. The number of aromatic nitrogens is 1. The van der Waals surface area contributed by atoms with E-state index in [0.29, 0.717) is 23.7 Å². The number of nitrogens with zero attached hydrogens (tertiary/aromatic N) is 2. The molecule has 2 heterocycles. The molecule has 0 unspecified atom stereocenters. The van der Waals surface area contributed by atoms with Crippen LogP contribution in [0.25, 0.3) is 10.2 Å². The molecule has 0 bridgehead atoms. The lowest BCUT2D eigenvalue weighted by Gasteiger charge is -2.30. The maximum Gasteiger partial charge on any atom is 0.337 e. The molecule has 0 aliphatic carbocycles. The molecular formula is C22H23N3O3S. The van der Waals surface area contributed by atoms with Crippen molar-refractivity contribution in [3.63, 3.8) is 0 Å². The number of carbonyl (C=O) groups is 2. The number of hydrogen-bond acceptors (Lipinski definition) is 6. The molecule has 29 heavy (non-hydrogen) atoms. The number of thiazole rings is 1. The van der Waals surface area contributed by atoms with Crippen molar-refractivity contribution in [1.29, 1.82) is 0 Å². The van der Waals surface area contributed by atoms with Crippen LogP contribution in [-0.4, -0.2) is 48.5 Å². The van der Waals surface area contributed by atoms with Crippen LogP contribution in [0.4, 0.5) is 5.69 Å². The summed E-state index contributed by atoms with van der Waals surface area (Å²) in [6, 6.07) is 15.0. The molecule has 0 atom stereocenters. The third kappa shape index (κ3) is 4.63. The van der Waals surface area contributed by atoms with E-state index in [0.717, 1.165) is 31.4 Å². The number of esters is 1. The normalized spacial score (nSPS) is 15.3. The first-order valence-electron chi connectivity index (χ1n) is 9.68. The van der Waals surface area contributed by atoms with Crippen molar-refractivity contribution in [2.75, 3.05) is 32.1 Å². The average molecular weight is 410 g/mol. The van der Waals surface area contributed by atoms with Crippen molar-refractivity contribution >= 4 is 39.1 Å². The van der Waals surface area contributed by atoms with Gasteiger partial charge < -0.3 is 10.1 Å². The van der Waals surface area contributed by atoms with Crippen molar-refractivity contribution in [2.24, 2.45) is 0 Å². The van der Waals surface area contributed by atoms with Crippen molar-refractivity contribution in [3.05, 3.63) is 59.1 Å². The van der Waals surface area contributed by atoms with Crippen molar-refractivity contribution in [2.45, 2.75) is 18.8 Å². The summed E-state index contributed by atoms with van der Waals surface area (Å²) in [5, 5.41) is 4.07. The smallest absolute Gasteiger partial charge is 0.337 e. The van der Waals surface area contributed by atoms with Gasteiger partial charge in [-0.1, -0.05) is 18.2 Å². The van der Waals surface area contributed by atoms with Crippen LogP contribution in [0.15, 0.2) is 48.5 Å². The Morgan fingerprint density at radius 1 is 1.17 bits per heavy atom. The summed E-state index contributed by atoms with van der Waals surface area (Å²) < 4.78 is 5.95. The number of methoxy groups -OCH3 is 1. The number of rotatable bonds is 5. The fourth-order valence-electron chi connectivity index (χ4n) is 3.65. The molecule has 1 aromatic heterocycles. The van der Waals surface area contributed by atoms with E-state index in [1.807, 2.05) is 12.1 Å². The molecule has 6 nitrogen and oxygen atoms in total. The summed E-state index contributed by atoms with van der Waals surface area (Å²) in [5.41, 5.74) is 2.09. The van der Waals surface area contributed by atoms with E-state index in [2.05, 4.69) is 22.3 Å². The van der Waals surface area contributed by atoms with E-state index < -0.39 is 5.97 Å². The molecule has 1 saturated heterocycles. The molecule has 1 aliphatic heterocycles. The van der Waals surface area contributed by atoms with Crippen LogP contribution >= 0.6 is 11.3 Å². The van der Waals surface area contributed by atoms with Gasteiger partial charge in [-0.05, 0) is 56.3 Å². The summed E-state index contributed by atoms with van der Waals surface area (Å²) in [6.45, 7) is 2.08. The van der Waals surface area contributed by atoms with Gasteiger partial charge >= 0.3 is 5.97 Å². The van der Waals surface area contributed by atoms with Crippen LogP contribution in [0.1, 0.15) is 34.1 Å². The Labute approximate surface area is 173 Å². The first kappa shape index (κ1) is 19.5. The number of benzene rings is 2. The maximum absolute atomic E-state index is 12.4. The number of ether oxygens (including phenoxy) is 1. The maximum atomic E-state index is 12.4. The second kappa shape index (κ2) is 8.71. The summed E-state index contributed by atoms with van der Waals surface area (Å²) in [6.07, 6.45) is 2.01. The van der Waals surface area contributed by atoms with E-state index in [-0.39, 0.29) is 5.91 Å². The van der Waals surface area contributed by atoms with Crippen LogP contribution in [0, 0.1) is 0 Å². The van der Waals surface area contributed by atoms with Gasteiger partial charge in [0.05, 0.1) is 34.4 Å². The molecule has 1 aliphatic rings. The highest BCUT2D eigenvalue weighted by molar-refractivity contribution is 7.18. The number of anilines is 1. The lowest BCUT2D eigenvalue weighted by atomic mass is 9.97. The van der Waals surface area contributed by atoms with Crippen LogP contribution in [-0.2, 0) is 9.53 Å². The molecule has 1 N–H and O–H groups in total. The number of nitrogens with one attached hydrogen (secondary N) is 1. The van der Waals surface area contributed by atoms with Gasteiger partial charge in [-0.15, -0.1) is 11.3 Å². The molecular weight excluding hydrogens is 386 g/mol. The number of amides is 1. The molecule has 1 amide bonds. The van der Waals surface area contributed by atoms with E-state index in [1.54, 1.807) is 35.6 Å². The van der Waals surface area contributed by atoms with Crippen LogP contribution in [0.3, 0.4) is 0 Å². The van der Waals surface area contributed by atoms with Gasteiger partial charge in [-0.3, -0.25) is 9.69 Å². The summed E-state index contributed by atoms with van der Waals surface area (Å²) in [5.74, 6) is -0.0353. The molecule has 3 aromatic rings. The number of likely N-dealkylation sites (tertiary alicyclic amines) is 1. The zero-order valence-corrected chi connectivity index (χ0v) is 17.1. The highest BCUT2D eigenvalue weighted by Gasteiger charge is 2.24. The molecule has 1 fully saturated rings. The van der Waals surface area contributed by atoms with Crippen molar-refractivity contribution in [1.82, 2.24) is 9.88 Å². The van der Waals surface area contributed by atoms with E-state index in [9.17, 15) is 9.59 Å². The fourth-order valence-corrected chi connectivity index (χ4v) is 4.78. The van der Waals surface area contributed by atoms with Gasteiger partial charge in [0.1, 0.15) is 0 Å². The van der Waals surface area contributed by atoms with Crippen molar-refractivity contribution < 1.29 is 14.3 Å². The van der Waals surface area contributed by atoms with Gasteiger partial charge in [-0.25, -0.2) is 9.78 Å². The first-order chi connectivity index (χ1) is 14.1. The van der Waals surface area contributed by atoms with Crippen LogP contribution in [0.2, 0.25) is 0 Å². The van der Waals surface area contributed by atoms with Gasteiger partial charge in [0.15, 0.2) is 0 Å². The molecule has 7 heteroatoms. The number of fused-ring (bicyclic) bond motifs is 1. The standard InChI is InChI=1S/C22H23N3O3S/c1-28-22(27)16-5-4-6-17(13-16)23-20(26)14-25-11-9-15(10-12-25)21-24-18-7-2-3-8-19(18)29-21/h2-8,13,15H,9-12,14H2,1H3,(H,23,26). The Kier molecular flexibility index (Phi) is 5.87.